The van der Waals surface area contributed by atoms with Gasteiger partial charge in [0.05, 0.1) is 9.90 Å². The minimum Gasteiger partial charge on any atom is -0.288 e. The smallest absolute Gasteiger partial charge is 0.205 e. The summed E-state index contributed by atoms with van der Waals surface area (Å²) in [6.45, 7) is 0. The molecule has 1 aromatic carbocycles. The fourth-order valence-corrected chi connectivity index (χ4v) is 3.77. The molecule has 4 heteroatoms. The summed E-state index contributed by atoms with van der Waals surface area (Å²) in [6.07, 6.45) is 0. The van der Waals surface area contributed by atoms with Gasteiger partial charge in [0, 0.05) is 21.0 Å². The summed E-state index contributed by atoms with van der Waals surface area (Å²) in [5.41, 5.74) is 0.745. The van der Waals surface area contributed by atoms with Crippen LogP contribution in [0.5, 0.6) is 0 Å². The SMILES string of the molecule is O=C(c1sccc1Cl)c1csc2ccccc12. The Labute approximate surface area is 111 Å². The molecule has 0 aliphatic heterocycles. The van der Waals surface area contributed by atoms with E-state index >= 15 is 0 Å². The van der Waals surface area contributed by atoms with Crippen LogP contribution in [0.4, 0.5) is 0 Å². The summed E-state index contributed by atoms with van der Waals surface area (Å²) in [6, 6.07) is 9.68. The van der Waals surface area contributed by atoms with Crippen molar-refractivity contribution in [3.63, 3.8) is 0 Å². The van der Waals surface area contributed by atoms with Crippen molar-refractivity contribution in [2.45, 2.75) is 0 Å². The van der Waals surface area contributed by atoms with Crippen LogP contribution in [0.2, 0.25) is 5.02 Å². The summed E-state index contributed by atoms with van der Waals surface area (Å²) in [7, 11) is 0. The van der Waals surface area contributed by atoms with Gasteiger partial charge in [-0.15, -0.1) is 22.7 Å². The number of carbonyl (C=O) groups excluding carboxylic acids is 1. The van der Waals surface area contributed by atoms with Gasteiger partial charge in [0.15, 0.2) is 0 Å². The quantitative estimate of drug-likeness (QED) is 0.613. The van der Waals surface area contributed by atoms with Crippen molar-refractivity contribution in [1.29, 1.82) is 0 Å². The molecule has 84 valence electrons. The maximum atomic E-state index is 12.3. The van der Waals surface area contributed by atoms with Crippen LogP contribution in [0.25, 0.3) is 10.1 Å². The zero-order valence-corrected chi connectivity index (χ0v) is 11.0. The Balaban J connectivity index is 2.17. The van der Waals surface area contributed by atoms with Crippen LogP contribution < -0.4 is 0 Å². The number of benzene rings is 1. The third-order valence-corrected chi connectivity index (χ3v) is 4.85. The first-order chi connectivity index (χ1) is 8.27. The third kappa shape index (κ3) is 1.80. The first-order valence-electron chi connectivity index (χ1n) is 5.01. The standard InChI is InChI=1S/C13H7ClOS2/c14-10-5-6-16-13(10)12(15)9-7-17-11-4-2-1-3-8(9)11/h1-7H. The fourth-order valence-electron chi connectivity index (χ4n) is 1.73. The summed E-state index contributed by atoms with van der Waals surface area (Å²) in [5.74, 6) is 0.0162. The van der Waals surface area contributed by atoms with Gasteiger partial charge >= 0.3 is 0 Å². The Morgan fingerprint density at radius 1 is 1.12 bits per heavy atom. The summed E-state index contributed by atoms with van der Waals surface area (Å²) in [4.78, 5) is 13.0. The molecule has 2 heterocycles. The molecule has 3 rings (SSSR count). The highest BCUT2D eigenvalue weighted by atomic mass is 35.5. The average Bonchev–Trinajstić information content (AvgIpc) is 2.94. The second-order valence-electron chi connectivity index (χ2n) is 3.57. The number of fused-ring (bicyclic) bond motifs is 1. The van der Waals surface area contributed by atoms with E-state index in [9.17, 15) is 4.79 Å². The van der Waals surface area contributed by atoms with E-state index in [4.69, 9.17) is 11.6 Å². The monoisotopic (exact) mass is 278 g/mol. The molecule has 0 spiro atoms. The Morgan fingerprint density at radius 3 is 2.71 bits per heavy atom. The molecule has 0 saturated heterocycles. The van der Waals surface area contributed by atoms with Crippen molar-refractivity contribution >= 4 is 50.1 Å². The Morgan fingerprint density at radius 2 is 1.94 bits per heavy atom. The summed E-state index contributed by atoms with van der Waals surface area (Å²) in [5, 5.41) is 5.29. The van der Waals surface area contributed by atoms with E-state index < -0.39 is 0 Å². The number of rotatable bonds is 2. The molecule has 0 atom stereocenters. The van der Waals surface area contributed by atoms with Crippen LogP contribution in [0.1, 0.15) is 15.2 Å². The van der Waals surface area contributed by atoms with Crippen molar-refractivity contribution in [2.24, 2.45) is 0 Å². The molecule has 0 N–H and O–H groups in total. The first kappa shape index (κ1) is 11.0. The molecular weight excluding hydrogens is 272 g/mol. The Bertz CT molecular complexity index is 696. The zero-order chi connectivity index (χ0) is 11.8. The van der Waals surface area contributed by atoms with E-state index in [-0.39, 0.29) is 5.78 Å². The van der Waals surface area contributed by atoms with Crippen LogP contribution in [-0.4, -0.2) is 5.78 Å². The van der Waals surface area contributed by atoms with Crippen molar-refractivity contribution in [2.75, 3.05) is 0 Å². The second-order valence-corrected chi connectivity index (χ2v) is 5.81. The largest absolute Gasteiger partial charge is 0.288 e. The highest BCUT2D eigenvalue weighted by Crippen LogP contribution is 2.31. The molecule has 0 aliphatic carbocycles. The van der Waals surface area contributed by atoms with Crippen molar-refractivity contribution in [3.8, 4) is 0 Å². The lowest BCUT2D eigenvalue weighted by atomic mass is 10.1. The lowest BCUT2D eigenvalue weighted by Gasteiger charge is -1.97. The lowest BCUT2D eigenvalue weighted by Crippen LogP contribution is -1.97. The molecule has 3 aromatic rings. The van der Waals surface area contributed by atoms with Gasteiger partial charge in [-0.2, -0.15) is 0 Å². The Kier molecular flexibility index (Phi) is 2.74. The number of ketones is 1. The molecule has 0 radical (unpaired) electrons. The van der Waals surface area contributed by atoms with E-state index in [0.717, 1.165) is 15.6 Å². The van der Waals surface area contributed by atoms with E-state index in [1.807, 2.05) is 35.0 Å². The highest BCUT2D eigenvalue weighted by Gasteiger charge is 2.17. The fraction of sp³-hybridized carbons (Fsp3) is 0. The van der Waals surface area contributed by atoms with Gasteiger partial charge in [0.1, 0.15) is 0 Å². The highest BCUT2D eigenvalue weighted by molar-refractivity contribution is 7.18. The minimum atomic E-state index is 0.0162. The van der Waals surface area contributed by atoms with Gasteiger partial charge in [0.25, 0.3) is 0 Å². The van der Waals surface area contributed by atoms with E-state index in [2.05, 4.69) is 0 Å². The van der Waals surface area contributed by atoms with Gasteiger partial charge in [-0.1, -0.05) is 29.8 Å². The van der Waals surface area contributed by atoms with E-state index in [1.54, 1.807) is 17.4 Å². The molecule has 0 saturated carbocycles. The molecule has 0 fully saturated rings. The maximum Gasteiger partial charge on any atom is 0.205 e. The maximum absolute atomic E-state index is 12.3. The van der Waals surface area contributed by atoms with Gasteiger partial charge in [-0.3, -0.25) is 4.79 Å². The minimum absolute atomic E-state index is 0.0162. The van der Waals surface area contributed by atoms with Gasteiger partial charge < -0.3 is 0 Å². The Hall–Kier alpha value is -1.16. The van der Waals surface area contributed by atoms with Gasteiger partial charge in [0.2, 0.25) is 5.78 Å². The zero-order valence-electron chi connectivity index (χ0n) is 8.64. The van der Waals surface area contributed by atoms with Crippen LogP contribution in [-0.2, 0) is 0 Å². The molecule has 0 unspecified atom stereocenters. The van der Waals surface area contributed by atoms with Gasteiger partial charge in [-0.25, -0.2) is 0 Å². The lowest BCUT2D eigenvalue weighted by molar-refractivity contribution is 0.104. The summed E-state index contributed by atoms with van der Waals surface area (Å²) >= 11 is 8.97. The number of thiophene rings is 2. The number of carbonyl (C=O) groups is 1. The normalized spacial score (nSPS) is 10.9. The van der Waals surface area contributed by atoms with Gasteiger partial charge in [-0.05, 0) is 17.5 Å². The van der Waals surface area contributed by atoms with Crippen molar-refractivity contribution in [1.82, 2.24) is 0 Å². The van der Waals surface area contributed by atoms with E-state index in [0.29, 0.717) is 9.90 Å². The number of halogens is 1. The third-order valence-electron chi connectivity index (χ3n) is 2.55. The van der Waals surface area contributed by atoms with E-state index in [1.165, 1.54) is 11.3 Å². The number of hydrogen-bond acceptors (Lipinski definition) is 3. The topological polar surface area (TPSA) is 17.1 Å². The molecule has 1 nitrogen and oxygen atoms in total. The van der Waals surface area contributed by atoms with Crippen LogP contribution in [0.15, 0.2) is 41.1 Å². The molecular formula is C13H7ClOS2. The molecule has 0 bridgehead atoms. The van der Waals surface area contributed by atoms with Crippen molar-refractivity contribution < 1.29 is 4.79 Å². The van der Waals surface area contributed by atoms with Crippen LogP contribution in [0, 0.1) is 0 Å². The van der Waals surface area contributed by atoms with Crippen LogP contribution >= 0.6 is 34.3 Å². The molecule has 0 amide bonds. The number of hydrogen-bond donors (Lipinski definition) is 0. The average molecular weight is 279 g/mol. The molecule has 17 heavy (non-hydrogen) atoms. The second kappa shape index (κ2) is 4.26. The predicted molar refractivity (Wildman–Crippen MR) is 74.6 cm³/mol. The predicted octanol–water partition coefficient (Wildman–Crippen LogP) is 4.85. The molecule has 0 aliphatic rings. The summed E-state index contributed by atoms with van der Waals surface area (Å²) < 4.78 is 1.13. The first-order valence-corrected chi connectivity index (χ1v) is 7.15. The molecule has 2 aromatic heterocycles. The van der Waals surface area contributed by atoms with Crippen LogP contribution in [0.3, 0.4) is 0 Å². The van der Waals surface area contributed by atoms with Crippen molar-refractivity contribution in [3.05, 3.63) is 56.6 Å².